The maximum absolute atomic E-state index is 12.9. The van der Waals surface area contributed by atoms with E-state index in [0.717, 1.165) is 70.6 Å². The predicted molar refractivity (Wildman–Crippen MR) is 362 cm³/mol. The number of rotatable bonds is 69. The molecule has 486 valence electrons. The van der Waals surface area contributed by atoms with Crippen LogP contribution in [-0.2, 0) is 28.6 Å². The number of allylic oxidation sites excluding steroid dienone is 8. The highest BCUT2D eigenvalue weighted by Crippen LogP contribution is 2.18. The second kappa shape index (κ2) is 71.8. The van der Waals surface area contributed by atoms with Crippen LogP contribution in [0, 0.1) is 0 Å². The zero-order chi connectivity index (χ0) is 59.9. The molecule has 1 unspecified atom stereocenters. The van der Waals surface area contributed by atoms with Crippen LogP contribution in [-0.4, -0.2) is 37.2 Å². The number of carbonyl (C=O) groups is 3. The van der Waals surface area contributed by atoms with Gasteiger partial charge in [-0.05, 0) is 96.3 Å². The number of unbranched alkanes of at least 4 members (excludes halogenated alkanes) is 50. The minimum Gasteiger partial charge on any atom is -0.462 e. The molecule has 0 fully saturated rings. The minimum atomic E-state index is -0.776. The van der Waals surface area contributed by atoms with Crippen LogP contribution in [0.1, 0.15) is 406 Å². The van der Waals surface area contributed by atoms with Crippen molar-refractivity contribution in [1.82, 2.24) is 0 Å². The molecule has 0 amide bonds. The molecule has 83 heavy (non-hydrogen) atoms. The van der Waals surface area contributed by atoms with E-state index in [1.54, 1.807) is 0 Å². The number of carbonyl (C=O) groups excluding carboxylic acids is 3. The Hall–Kier alpha value is -2.63. The monoisotopic (exact) mass is 1160 g/mol. The molecule has 0 aliphatic rings. The Morgan fingerprint density at radius 1 is 0.241 bits per heavy atom. The van der Waals surface area contributed by atoms with E-state index in [-0.39, 0.29) is 31.1 Å². The SMILES string of the molecule is CCCC/C=C\CCCCCCCC(=O)OCC(COC(=O)CCCCCCCCCCCCCCCCCCCCCCC/C=C\C/C=C\CCCCCCC)OC(=O)CCCCCCCCCCC/C=C\CCCCCCCCCC. The van der Waals surface area contributed by atoms with Gasteiger partial charge in [-0.1, -0.05) is 339 Å². The summed E-state index contributed by atoms with van der Waals surface area (Å²) in [5.74, 6) is -0.858. The van der Waals surface area contributed by atoms with Gasteiger partial charge in [0.15, 0.2) is 6.10 Å². The zero-order valence-electron chi connectivity index (χ0n) is 56.0. The summed E-state index contributed by atoms with van der Waals surface area (Å²) in [6.45, 7) is 6.65. The molecule has 0 aromatic rings. The molecule has 6 nitrogen and oxygen atoms in total. The van der Waals surface area contributed by atoms with Gasteiger partial charge in [0.1, 0.15) is 13.2 Å². The summed E-state index contributed by atoms with van der Waals surface area (Å²) in [5.41, 5.74) is 0. The van der Waals surface area contributed by atoms with E-state index in [1.165, 1.54) is 295 Å². The van der Waals surface area contributed by atoms with E-state index in [9.17, 15) is 14.4 Å². The van der Waals surface area contributed by atoms with Crippen LogP contribution >= 0.6 is 0 Å². The van der Waals surface area contributed by atoms with E-state index in [2.05, 4.69) is 69.4 Å². The van der Waals surface area contributed by atoms with Gasteiger partial charge in [-0.2, -0.15) is 0 Å². The molecule has 0 rings (SSSR count). The van der Waals surface area contributed by atoms with Crippen molar-refractivity contribution < 1.29 is 28.6 Å². The maximum atomic E-state index is 12.9. The Morgan fingerprint density at radius 2 is 0.446 bits per heavy atom. The number of hydrogen-bond donors (Lipinski definition) is 0. The van der Waals surface area contributed by atoms with E-state index < -0.39 is 6.10 Å². The van der Waals surface area contributed by atoms with Gasteiger partial charge < -0.3 is 14.2 Å². The van der Waals surface area contributed by atoms with Crippen LogP contribution in [0.2, 0.25) is 0 Å². The van der Waals surface area contributed by atoms with Crippen molar-refractivity contribution in [2.45, 2.75) is 412 Å². The van der Waals surface area contributed by atoms with E-state index in [0.29, 0.717) is 19.3 Å². The molecule has 0 saturated heterocycles. The Morgan fingerprint density at radius 3 is 0.711 bits per heavy atom. The maximum Gasteiger partial charge on any atom is 0.306 e. The third-order valence-electron chi connectivity index (χ3n) is 16.8. The fraction of sp³-hybridized carbons (Fsp3) is 0.857. The fourth-order valence-corrected chi connectivity index (χ4v) is 11.2. The van der Waals surface area contributed by atoms with Crippen LogP contribution in [0.4, 0.5) is 0 Å². The molecule has 0 aromatic heterocycles. The lowest BCUT2D eigenvalue weighted by Crippen LogP contribution is -2.30. The van der Waals surface area contributed by atoms with Gasteiger partial charge in [0.2, 0.25) is 0 Å². The lowest BCUT2D eigenvalue weighted by molar-refractivity contribution is -0.167. The molecule has 0 aliphatic carbocycles. The highest BCUT2D eigenvalue weighted by atomic mass is 16.6. The van der Waals surface area contributed by atoms with Crippen molar-refractivity contribution in [1.29, 1.82) is 0 Å². The van der Waals surface area contributed by atoms with Gasteiger partial charge >= 0.3 is 17.9 Å². The Bertz CT molecular complexity index is 1430. The number of esters is 3. The largest absolute Gasteiger partial charge is 0.462 e. The van der Waals surface area contributed by atoms with Crippen LogP contribution in [0.5, 0.6) is 0 Å². The molecule has 1 atom stereocenters. The zero-order valence-corrected chi connectivity index (χ0v) is 56.0. The third-order valence-corrected chi connectivity index (χ3v) is 16.8. The molecule has 0 bridgehead atoms. The standard InChI is InChI=1S/C77H142O6/c1-4-7-10-13-16-19-22-24-26-28-30-32-33-34-35-36-37-38-39-40-41-42-43-45-46-48-50-52-55-58-61-64-67-70-76(79)82-73-74(72-81-75(78)69-66-63-60-57-54-21-18-15-12-9-6-3)83-77(80)71-68-65-62-59-56-53-51-49-47-44-31-29-27-25-23-20-17-14-11-8-5-2/h15,18,22,24,28-31,74H,4-14,16-17,19-21,23,25-27,32-73H2,1-3H3/b18-15-,24-22-,30-28-,31-29-. The predicted octanol–water partition coefficient (Wildman–Crippen LogP) is 25.7. The Kier molecular flexibility index (Phi) is 69.6. The molecule has 0 heterocycles. The molecular weight excluding hydrogens is 1020 g/mol. The summed E-state index contributed by atoms with van der Waals surface area (Å²) >= 11 is 0. The summed E-state index contributed by atoms with van der Waals surface area (Å²) in [6.07, 6.45) is 91.7. The summed E-state index contributed by atoms with van der Waals surface area (Å²) in [4.78, 5) is 38.4. The first-order chi connectivity index (χ1) is 41.0. The topological polar surface area (TPSA) is 78.9 Å². The second-order valence-corrected chi connectivity index (χ2v) is 25.2. The van der Waals surface area contributed by atoms with E-state index >= 15 is 0 Å². The van der Waals surface area contributed by atoms with Crippen LogP contribution in [0.25, 0.3) is 0 Å². The average Bonchev–Trinajstić information content (AvgIpc) is 3.48. The molecule has 0 aliphatic heterocycles. The van der Waals surface area contributed by atoms with Crippen molar-refractivity contribution in [3.05, 3.63) is 48.6 Å². The fourth-order valence-electron chi connectivity index (χ4n) is 11.2. The van der Waals surface area contributed by atoms with Crippen LogP contribution < -0.4 is 0 Å². The summed E-state index contributed by atoms with van der Waals surface area (Å²) in [5, 5.41) is 0. The van der Waals surface area contributed by atoms with Gasteiger partial charge in [0.05, 0.1) is 0 Å². The van der Waals surface area contributed by atoms with Crippen molar-refractivity contribution in [2.24, 2.45) is 0 Å². The second-order valence-electron chi connectivity index (χ2n) is 25.2. The lowest BCUT2D eigenvalue weighted by Gasteiger charge is -2.18. The van der Waals surface area contributed by atoms with Gasteiger partial charge in [-0.15, -0.1) is 0 Å². The molecule has 0 saturated carbocycles. The first-order valence-electron chi connectivity index (χ1n) is 37.1. The summed E-state index contributed by atoms with van der Waals surface area (Å²) < 4.78 is 17.0. The first-order valence-corrected chi connectivity index (χ1v) is 37.1. The van der Waals surface area contributed by atoms with Gasteiger partial charge in [-0.3, -0.25) is 14.4 Å². The highest BCUT2D eigenvalue weighted by molar-refractivity contribution is 5.71. The minimum absolute atomic E-state index is 0.0719. The van der Waals surface area contributed by atoms with Crippen molar-refractivity contribution >= 4 is 17.9 Å². The van der Waals surface area contributed by atoms with Gasteiger partial charge in [0.25, 0.3) is 0 Å². The summed E-state index contributed by atoms with van der Waals surface area (Å²) in [6, 6.07) is 0. The lowest BCUT2D eigenvalue weighted by atomic mass is 10.0. The van der Waals surface area contributed by atoms with Gasteiger partial charge in [0, 0.05) is 19.3 Å². The smallest absolute Gasteiger partial charge is 0.306 e. The van der Waals surface area contributed by atoms with Crippen LogP contribution in [0.15, 0.2) is 48.6 Å². The van der Waals surface area contributed by atoms with Crippen LogP contribution in [0.3, 0.4) is 0 Å². The van der Waals surface area contributed by atoms with Crippen molar-refractivity contribution in [2.75, 3.05) is 13.2 Å². The third kappa shape index (κ3) is 70.0. The molecular formula is C77H142O6. The Balaban J connectivity index is 4.10. The summed E-state index contributed by atoms with van der Waals surface area (Å²) in [7, 11) is 0. The van der Waals surface area contributed by atoms with Crippen molar-refractivity contribution in [3.63, 3.8) is 0 Å². The molecule has 6 heteroatoms. The van der Waals surface area contributed by atoms with Gasteiger partial charge in [-0.25, -0.2) is 0 Å². The molecule has 0 radical (unpaired) electrons. The average molecular weight is 1160 g/mol. The Labute approximate surface area is 518 Å². The normalized spacial score (nSPS) is 12.3. The first kappa shape index (κ1) is 80.4. The molecule has 0 N–H and O–H groups in total. The highest BCUT2D eigenvalue weighted by Gasteiger charge is 2.19. The molecule has 0 aromatic carbocycles. The quantitative estimate of drug-likeness (QED) is 0.0261. The number of hydrogen-bond acceptors (Lipinski definition) is 6. The van der Waals surface area contributed by atoms with E-state index in [4.69, 9.17) is 14.2 Å². The van der Waals surface area contributed by atoms with Crippen molar-refractivity contribution in [3.8, 4) is 0 Å². The molecule has 0 spiro atoms. The number of ether oxygens (including phenoxy) is 3. The van der Waals surface area contributed by atoms with E-state index in [1.807, 2.05) is 0 Å².